The molecule has 0 radical (unpaired) electrons. The fraction of sp³-hybridized carbons (Fsp3) is 0.500. The van der Waals surface area contributed by atoms with Crippen molar-refractivity contribution in [1.29, 1.82) is 0 Å². The molecule has 0 saturated carbocycles. The Bertz CT molecular complexity index is 683. The third-order valence-electron chi connectivity index (χ3n) is 4.51. The van der Waals surface area contributed by atoms with E-state index >= 15 is 0 Å². The number of fused-ring (bicyclic) bond motifs is 1. The Morgan fingerprint density at radius 2 is 1.96 bits per heavy atom. The molecule has 0 unspecified atom stereocenters. The van der Waals surface area contributed by atoms with Gasteiger partial charge in [-0.3, -0.25) is 19.3 Å². The summed E-state index contributed by atoms with van der Waals surface area (Å²) in [7, 11) is 0. The third kappa shape index (κ3) is 3.92. The molecule has 7 heteroatoms. The molecular formula is C18H23N3O4. The minimum Gasteiger partial charge on any atom is -0.482 e. The summed E-state index contributed by atoms with van der Waals surface area (Å²) in [5, 5.41) is 2.77. The summed E-state index contributed by atoms with van der Waals surface area (Å²) < 4.78 is 5.45. The number of amides is 3. The first kappa shape index (κ1) is 17.3. The van der Waals surface area contributed by atoms with Crippen molar-refractivity contribution in [2.45, 2.75) is 32.6 Å². The van der Waals surface area contributed by atoms with E-state index in [2.05, 4.69) is 5.32 Å². The quantitative estimate of drug-likeness (QED) is 0.902. The lowest BCUT2D eigenvalue weighted by Gasteiger charge is -2.33. The fourth-order valence-corrected chi connectivity index (χ4v) is 3.08. The maximum atomic E-state index is 12.6. The first-order valence-corrected chi connectivity index (χ1v) is 8.73. The summed E-state index contributed by atoms with van der Waals surface area (Å²) in [6.07, 6.45) is 3.52. The number of hydrogen-bond donors (Lipinski definition) is 1. The number of carbonyl (C=O) groups is 3. The van der Waals surface area contributed by atoms with Crippen LogP contribution in [0.1, 0.15) is 32.6 Å². The van der Waals surface area contributed by atoms with Gasteiger partial charge in [-0.1, -0.05) is 6.92 Å². The number of nitrogens with zero attached hydrogens (tertiary/aromatic N) is 2. The van der Waals surface area contributed by atoms with Crippen molar-refractivity contribution in [3.63, 3.8) is 0 Å². The van der Waals surface area contributed by atoms with Crippen LogP contribution >= 0.6 is 0 Å². The van der Waals surface area contributed by atoms with Gasteiger partial charge in [0.15, 0.2) is 6.61 Å². The molecule has 0 bridgehead atoms. The van der Waals surface area contributed by atoms with Gasteiger partial charge in [-0.15, -0.1) is 0 Å². The van der Waals surface area contributed by atoms with Crippen molar-refractivity contribution < 1.29 is 19.1 Å². The van der Waals surface area contributed by atoms with Crippen molar-refractivity contribution in [2.75, 3.05) is 36.5 Å². The van der Waals surface area contributed by atoms with E-state index in [-0.39, 0.29) is 30.9 Å². The molecule has 1 aromatic rings. The molecule has 1 fully saturated rings. The van der Waals surface area contributed by atoms with Crippen LogP contribution in [-0.2, 0) is 14.4 Å². The van der Waals surface area contributed by atoms with E-state index in [1.165, 1.54) is 4.90 Å². The van der Waals surface area contributed by atoms with E-state index in [1.807, 2.05) is 4.90 Å². The van der Waals surface area contributed by atoms with E-state index < -0.39 is 0 Å². The number of anilines is 2. The standard InChI is InChI=1S/C18H23N3O4/c1-2-16(22)19-13-6-7-15-14(10-13)21(18(24)12-25-15)11-17(23)20-8-4-3-5-9-20/h6-7,10H,2-5,8-9,11-12H2,1H3,(H,19,22). The van der Waals surface area contributed by atoms with Gasteiger partial charge >= 0.3 is 0 Å². The van der Waals surface area contributed by atoms with Gasteiger partial charge in [0, 0.05) is 25.2 Å². The first-order chi connectivity index (χ1) is 12.1. The van der Waals surface area contributed by atoms with Crippen LogP contribution in [0.15, 0.2) is 18.2 Å². The third-order valence-corrected chi connectivity index (χ3v) is 4.51. The number of hydrogen-bond acceptors (Lipinski definition) is 4. The summed E-state index contributed by atoms with van der Waals surface area (Å²) in [5.74, 6) is 0.125. The van der Waals surface area contributed by atoms with Crippen LogP contribution in [0.3, 0.4) is 0 Å². The van der Waals surface area contributed by atoms with Gasteiger partial charge < -0.3 is 15.0 Å². The maximum Gasteiger partial charge on any atom is 0.265 e. The van der Waals surface area contributed by atoms with Gasteiger partial charge in [0.2, 0.25) is 11.8 Å². The minimum atomic E-state index is -0.253. The lowest BCUT2D eigenvalue weighted by molar-refractivity contribution is -0.132. The van der Waals surface area contributed by atoms with Crippen LogP contribution in [0.5, 0.6) is 5.75 Å². The second-order valence-corrected chi connectivity index (χ2v) is 6.29. The van der Waals surface area contributed by atoms with Gasteiger partial charge in [-0.2, -0.15) is 0 Å². The Kier molecular flexibility index (Phi) is 5.21. The number of benzene rings is 1. The van der Waals surface area contributed by atoms with Crippen LogP contribution in [0.2, 0.25) is 0 Å². The number of piperidine rings is 1. The molecule has 7 nitrogen and oxygen atoms in total. The van der Waals surface area contributed by atoms with Crippen molar-refractivity contribution in [2.24, 2.45) is 0 Å². The topological polar surface area (TPSA) is 79.0 Å². The van der Waals surface area contributed by atoms with E-state index in [1.54, 1.807) is 25.1 Å². The first-order valence-electron chi connectivity index (χ1n) is 8.73. The number of ether oxygens (including phenoxy) is 1. The van der Waals surface area contributed by atoms with Gasteiger partial charge in [0.25, 0.3) is 5.91 Å². The smallest absolute Gasteiger partial charge is 0.265 e. The zero-order valence-corrected chi connectivity index (χ0v) is 14.4. The maximum absolute atomic E-state index is 12.6. The molecular weight excluding hydrogens is 322 g/mol. The number of rotatable bonds is 4. The van der Waals surface area contributed by atoms with Crippen molar-refractivity contribution >= 4 is 29.1 Å². The SMILES string of the molecule is CCC(=O)Nc1ccc2c(c1)N(CC(=O)N1CCCCC1)C(=O)CO2. The highest BCUT2D eigenvalue weighted by Gasteiger charge is 2.29. The number of nitrogens with one attached hydrogen (secondary N) is 1. The molecule has 3 rings (SSSR count). The molecule has 1 N–H and O–H groups in total. The highest BCUT2D eigenvalue weighted by Crippen LogP contribution is 2.34. The van der Waals surface area contributed by atoms with Crippen LogP contribution in [0.25, 0.3) is 0 Å². The van der Waals surface area contributed by atoms with Crippen LogP contribution < -0.4 is 15.0 Å². The van der Waals surface area contributed by atoms with E-state index in [4.69, 9.17) is 4.74 Å². The summed E-state index contributed by atoms with van der Waals surface area (Å²) >= 11 is 0. The summed E-state index contributed by atoms with van der Waals surface area (Å²) in [4.78, 5) is 39.7. The molecule has 2 aliphatic rings. The summed E-state index contributed by atoms with van der Waals surface area (Å²) in [6.45, 7) is 3.18. The lowest BCUT2D eigenvalue weighted by Crippen LogP contribution is -2.47. The van der Waals surface area contributed by atoms with Crippen molar-refractivity contribution in [3.05, 3.63) is 18.2 Å². The number of carbonyl (C=O) groups excluding carboxylic acids is 3. The van der Waals surface area contributed by atoms with E-state index in [0.29, 0.717) is 23.5 Å². The molecule has 134 valence electrons. The molecule has 0 atom stereocenters. The van der Waals surface area contributed by atoms with Gasteiger partial charge in [0.1, 0.15) is 12.3 Å². The summed E-state index contributed by atoms with van der Waals surface area (Å²) in [5.41, 5.74) is 1.11. The van der Waals surface area contributed by atoms with Gasteiger partial charge in [0.05, 0.1) is 5.69 Å². The van der Waals surface area contributed by atoms with E-state index in [0.717, 1.165) is 32.4 Å². The Hall–Kier alpha value is -2.57. The molecule has 0 aliphatic carbocycles. The van der Waals surface area contributed by atoms with Gasteiger partial charge in [-0.25, -0.2) is 0 Å². The molecule has 1 aromatic carbocycles. The molecule has 0 spiro atoms. The van der Waals surface area contributed by atoms with Crippen molar-refractivity contribution in [3.8, 4) is 5.75 Å². The molecule has 3 amide bonds. The average Bonchev–Trinajstić information content (AvgIpc) is 2.64. The molecule has 0 aromatic heterocycles. The fourth-order valence-electron chi connectivity index (χ4n) is 3.08. The Morgan fingerprint density at radius 3 is 2.68 bits per heavy atom. The molecule has 1 saturated heterocycles. The van der Waals surface area contributed by atoms with Crippen molar-refractivity contribution in [1.82, 2.24) is 4.90 Å². The molecule has 25 heavy (non-hydrogen) atoms. The van der Waals surface area contributed by atoms with E-state index in [9.17, 15) is 14.4 Å². The second kappa shape index (κ2) is 7.55. The normalized spacial score (nSPS) is 16.9. The van der Waals surface area contributed by atoms with Crippen LogP contribution in [0.4, 0.5) is 11.4 Å². The zero-order chi connectivity index (χ0) is 17.8. The average molecular weight is 345 g/mol. The predicted octanol–water partition coefficient (Wildman–Crippen LogP) is 1.77. The molecule has 2 aliphatic heterocycles. The highest BCUT2D eigenvalue weighted by atomic mass is 16.5. The monoisotopic (exact) mass is 345 g/mol. The van der Waals surface area contributed by atoms with Crippen LogP contribution in [-0.4, -0.2) is 48.9 Å². The highest BCUT2D eigenvalue weighted by molar-refractivity contribution is 6.03. The molecule has 2 heterocycles. The lowest BCUT2D eigenvalue weighted by atomic mass is 10.1. The Morgan fingerprint density at radius 1 is 1.20 bits per heavy atom. The van der Waals surface area contributed by atoms with Gasteiger partial charge in [-0.05, 0) is 37.5 Å². The largest absolute Gasteiger partial charge is 0.482 e. The summed E-state index contributed by atoms with van der Waals surface area (Å²) in [6, 6.07) is 5.13. The zero-order valence-electron chi connectivity index (χ0n) is 14.4. The number of likely N-dealkylation sites (tertiary alicyclic amines) is 1. The van der Waals surface area contributed by atoms with Crippen LogP contribution in [0, 0.1) is 0 Å². The Balaban J connectivity index is 1.80. The predicted molar refractivity (Wildman–Crippen MR) is 93.6 cm³/mol. The Labute approximate surface area is 146 Å². The second-order valence-electron chi connectivity index (χ2n) is 6.29. The minimum absolute atomic E-state index is 0.000368.